The Kier molecular flexibility index (Phi) is 4.14. The predicted octanol–water partition coefficient (Wildman–Crippen LogP) is 3.89. The Morgan fingerprint density at radius 1 is 1.30 bits per heavy atom. The average molecular weight is 333 g/mol. The Morgan fingerprint density at radius 3 is 2.40 bits per heavy atom. The molecule has 0 radical (unpaired) electrons. The number of hydrogen-bond acceptors (Lipinski definition) is 3. The largest absolute Gasteiger partial charge is 0.266 e. The van der Waals surface area contributed by atoms with Crippen molar-refractivity contribution in [2.45, 2.75) is 31.6 Å². The monoisotopic (exact) mass is 332 g/mol. The molecule has 20 heavy (non-hydrogen) atoms. The molecule has 0 aliphatic carbocycles. The van der Waals surface area contributed by atoms with Crippen LogP contribution in [0.5, 0.6) is 0 Å². The van der Waals surface area contributed by atoms with Gasteiger partial charge in [-0.05, 0) is 30.5 Å². The fourth-order valence-electron chi connectivity index (χ4n) is 1.93. The molecule has 108 valence electrons. The third-order valence-corrected chi connectivity index (χ3v) is 4.66. The molecule has 0 spiro atoms. The summed E-state index contributed by atoms with van der Waals surface area (Å²) in [5.74, 6) is -0.109. The molecule has 0 aliphatic heterocycles. The predicted molar refractivity (Wildman–Crippen MR) is 80.4 cm³/mol. The van der Waals surface area contributed by atoms with Crippen LogP contribution in [0.2, 0.25) is 5.15 Å². The lowest BCUT2D eigenvalue weighted by molar-refractivity contribution is 0.607. The first kappa shape index (κ1) is 15.4. The molecule has 1 aromatic heterocycles. The zero-order valence-corrected chi connectivity index (χ0v) is 13.6. The first-order chi connectivity index (χ1) is 9.21. The van der Waals surface area contributed by atoms with Gasteiger partial charge in [-0.2, -0.15) is 5.10 Å². The van der Waals surface area contributed by atoms with Gasteiger partial charge in [-0.15, -0.1) is 0 Å². The van der Waals surface area contributed by atoms with Gasteiger partial charge in [0.15, 0.2) is 5.15 Å². The fraction of sp³-hybridized carbons (Fsp3) is 0.308. The summed E-state index contributed by atoms with van der Waals surface area (Å²) in [6, 6.07) is 7.46. The highest BCUT2D eigenvalue weighted by atomic mass is 35.7. The SMILES string of the molecule is Cc1cccc(-n2nc(C(C)C)c(S(=O)(=O)Cl)c2Cl)c1. The normalized spacial score (nSPS) is 12.1. The van der Waals surface area contributed by atoms with Crippen LogP contribution in [0.4, 0.5) is 0 Å². The van der Waals surface area contributed by atoms with Gasteiger partial charge in [0, 0.05) is 10.7 Å². The lowest BCUT2D eigenvalue weighted by Crippen LogP contribution is -1.98. The van der Waals surface area contributed by atoms with Gasteiger partial charge in [0.05, 0.1) is 11.4 Å². The molecule has 0 N–H and O–H groups in total. The number of benzene rings is 1. The second-order valence-corrected chi connectivity index (χ2v) is 7.71. The van der Waals surface area contributed by atoms with Crippen molar-refractivity contribution in [1.82, 2.24) is 9.78 Å². The average Bonchev–Trinajstić information content (AvgIpc) is 2.66. The van der Waals surface area contributed by atoms with Crippen molar-refractivity contribution in [3.8, 4) is 5.69 Å². The Labute approximate surface area is 127 Å². The minimum atomic E-state index is -3.95. The van der Waals surface area contributed by atoms with Crippen LogP contribution >= 0.6 is 22.3 Å². The van der Waals surface area contributed by atoms with Gasteiger partial charge in [0.25, 0.3) is 9.05 Å². The van der Waals surface area contributed by atoms with Crippen LogP contribution in [-0.2, 0) is 9.05 Å². The highest BCUT2D eigenvalue weighted by Crippen LogP contribution is 2.34. The van der Waals surface area contributed by atoms with Crippen LogP contribution in [-0.4, -0.2) is 18.2 Å². The van der Waals surface area contributed by atoms with Crippen molar-refractivity contribution >= 4 is 31.3 Å². The quantitative estimate of drug-likeness (QED) is 0.801. The van der Waals surface area contributed by atoms with E-state index in [0.717, 1.165) is 5.56 Å². The smallest absolute Gasteiger partial charge is 0.220 e. The third-order valence-electron chi connectivity index (χ3n) is 2.85. The second kappa shape index (κ2) is 5.39. The lowest BCUT2D eigenvalue weighted by Gasteiger charge is -2.04. The zero-order valence-electron chi connectivity index (χ0n) is 11.3. The lowest BCUT2D eigenvalue weighted by atomic mass is 10.1. The maximum atomic E-state index is 11.7. The van der Waals surface area contributed by atoms with Gasteiger partial charge < -0.3 is 0 Å². The molecule has 2 aromatic rings. The summed E-state index contributed by atoms with van der Waals surface area (Å²) < 4.78 is 24.8. The minimum absolute atomic E-state index is 0.00861. The first-order valence-electron chi connectivity index (χ1n) is 6.02. The summed E-state index contributed by atoms with van der Waals surface area (Å²) in [5.41, 5.74) is 2.09. The molecule has 1 aromatic carbocycles. The summed E-state index contributed by atoms with van der Waals surface area (Å²) in [6.07, 6.45) is 0. The molecule has 1 heterocycles. The van der Waals surface area contributed by atoms with Crippen molar-refractivity contribution in [2.24, 2.45) is 0 Å². The molecular weight excluding hydrogens is 319 g/mol. The molecule has 0 bridgehead atoms. The summed E-state index contributed by atoms with van der Waals surface area (Å²) >= 11 is 6.18. The van der Waals surface area contributed by atoms with Gasteiger partial charge in [0.2, 0.25) is 0 Å². The second-order valence-electron chi connectivity index (χ2n) is 4.85. The number of nitrogens with zero attached hydrogens (tertiary/aromatic N) is 2. The van der Waals surface area contributed by atoms with Crippen LogP contribution in [0.25, 0.3) is 5.69 Å². The standard InChI is InChI=1S/C13H14Cl2N2O2S/c1-8(2)11-12(20(15,18)19)13(14)17(16-11)10-6-4-5-9(3)7-10/h4-8H,1-3H3. The van der Waals surface area contributed by atoms with Gasteiger partial charge in [-0.3, -0.25) is 0 Å². The van der Waals surface area contributed by atoms with E-state index in [1.54, 1.807) is 6.07 Å². The van der Waals surface area contributed by atoms with Gasteiger partial charge in [0.1, 0.15) is 4.90 Å². The first-order valence-corrected chi connectivity index (χ1v) is 8.70. The fourth-order valence-corrected chi connectivity index (χ4v) is 3.86. The molecule has 0 fully saturated rings. The molecule has 0 atom stereocenters. The number of rotatable bonds is 3. The Bertz CT molecular complexity index is 752. The Balaban J connectivity index is 2.75. The topological polar surface area (TPSA) is 52.0 Å². The number of aryl methyl sites for hydroxylation is 1. The van der Waals surface area contributed by atoms with Crippen LogP contribution in [0.1, 0.15) is 31.0 Å². The van der Waals surface area contributed by atoms with E-state index in [4.69, 9.17) is 22.3 Å². The van der Waals surface area contributed by atoms with E-state index >= 15 is 0 Å². The van der Waals surface area contributed by atoms with E-state index in [9.17, 15) is 8.42 Å². The molecule has 0 amide bonds. The summed E-state index contributed by atoms with van der Waals surface area (Å²) in [7, 11) is 1.53. The summed E-state index contributed by atoms with van der Waals surface area (Å²) in [5, 5.41) is 4.32. The molecule has 4 nitrogen and oxygen atoms in total. The van der Waals surface area contributed by atoms with E-state index in [2.05, 4.69) is 5.10 Å². The number of halogens is 2. The van der Waals surface area contributed by atoms with Crippen LogP contribution in [0.3, 0.4) is 0 Å². The number of hydrogen-bond donors (Lipinski definition) is 0. The highest BCUT2D eigenvalue weighted by Gasteiger charge is 2.28. The van der Waals surface area contributed by atoms with Crippen molar-refractivity contribution < 1.29 is 8.42 Å². The van der Waals surface area contributed by atoms with E-state index in [0.29, 0.717) is 11.4 Å². The maximum absolute atomic E-state index is 11.7. The molecule has 0 unspecified atom stereocenters. The van der Waals surface area contributed by atoms with Crippen molar-refractivity contribution in [3.63, 3.8) is 0 Å². The Morgan fingerprint density at radius 2 is 1.95 bits per heavy atom. The minimum Gasteiger partial charge on any atom is -0.220 e. The van der Waals surface area contributed by atoms with E-state index < -0.39 is 9.05 Å². The van der Waals surface area contributed by atoms with Crippen LogP contribution < -0.4 is 0 Å². The van der Waals surface area contributed by atoms with Crippen molar-refractivity contribution in [3.05, 3.63) is 40.7 Å². The third kappa shape index (κ3) is 2.85. The highest BCUT2D eigenvalue weighted by molar-refractivity contribution is 8.13. The van der Waals surface area contributed by atoms with E-state index in [1.807, 2.05) is 39.0 Å². The molecule has 0 saturated heterocycles. The maximum Gasteiger partial charge on any atom is 0.266 e. The molecule has 2 rings (SSSR count). The molecule has 7 heteroatoms. The number of aromatic nitrogens is 2. The zero-order chi connectivity index (χ0) is 15.1. The van der Waals surface area contributed by atoms with Crippen LogP contribution in [0, 0.1) is 6.92 Å². The Hall–Kier alpha value is -1.04. The molecular formula is C13H14Cl2N2O2S. The molecule has 0 saturated carbocycles. The van der Waals surface area contributed by atoms with Crippen LogP contribution in [0.15, 0.2) is 29.2 Å². The van der Waals surface area contributed by atoms with Gasteiger partial charge in [-0.25, -0.2) is 13.1 Å². The van der Waals surface area contributed by atoms with Gasteiger partial charge in [-0.1, -0.05) is 37.6 Å². The van der Waals surface area contributed by atoms with Gasteiger partial charge >= 0.3 is 0 Å². The molecule has 0 aliphatic rings. The summed E-state index contributed by atoms with van der Waals surface area (Å²) in [4.78, 5) is -0.114. The van der Waals surface area contributed by atoms with E-state index in [-0.39, 0.29) is 16.0 Å². The summed E-state index contributed by atoms with van der Waals surface area (Å²) in [6.45, 7) is 5.61. The van der Waals surface area contributed by atoms with Crippen molar-refractivity contribution in [1.29, 1.82) is 0 Å². The van der Waals surface area contributed by atoms with E-state index in [1.165, 1.54) is 4.68 Å². The van der Waals surface area contributed by atoms with Crippen molar-refractivity contribution in [2.75, 3.05) is 0 Å².